The van der Waals surface area contributed by atoms with Gasteiger partial charge < -0.3 is 19.7 Å². The minimum atomic E-state index is -3.85. The van der Waals surface area contributed by atoms with Gasteiger partial charge in [-0.15, -0.1) is 0 Å². The van der Waals surface area contributed by atoms with Gasteiger partial charge in [-0.1, -0.05) is 43.0 Å². The second-order valence-electron chi connectivity index (χ2n) is 9.91. The number of anilines is 1. The van der Waals surface area contributed by atoms with Gasteiger partial charge in [-0.05, 0) is 56.5 Å². The van der Waals surface area contributed by atoms with Crippen molar-refractivity contribution >= 4 is 39.1 Å². The second-order valence-corrected chi connectivity index (χ2v) is 12.5. The van der Waals surface area contributed by atoms with E-state index in [1.165, 1.54) is 11.8 Å². The number of carbonyl (C=O) groups excluding carboxylic acids is 2. The highest BCUT2D eigenvalue weighted by molar-refractivity contribution is 7.92. The van der Waals surface area contributed by atoms with Crippen LogP contribution in [0, 0.1) is 0 Å². The largest absolute Gasteiger partial charge is 0.486 e. The average Bonchev–Trinajstić information content (AvgIpc) is 2.94. The predicted octanol–water partition coefficient (Wildman–Crippen LogP) is 4.13. The van der Waals surface area contributed by atoms with Crippen LogP contribution >= 0.6 is 11.6 Å². The molecule has 0 radical (unpaired) electrons. The van der Waals surface area contributed by atoms with Crippen LogP contribution in [0.5, 0.6) is 11.5 Å². The van der Waals surface area contributed by atoms with Crippen molar-refractivity contribution < 1.29 is 27.5 Å². The molecule has 11 heteroatoms. The molecular formula is C28H36ClN3O6S. The molecule has 2 aromatic carbocycles. The van der Waals surface area contributed by atoms with Crippen LogP contribution in [0.1, 0.15) is 51.5 Å². The number of hydrogen-bond acceptors (Lipinski definition) is 6. The van der Waals surface area contributed by atoms with Crippen molar-refractivity contribution in [1.82, 2.24) is 10.2 Å². The van der Waals surface area contributed by atoms with Crippen LogP contribution in [0.3, 0.4) is 0 Å². The number of nitrogens with zero attached hydrogens (tertiary/aromatic N) is 2. The van der Waals surface area contributed by atoms with Gasteiger partial charge in [0.05, 0.1) is 11.4 Å². The Labute approximate surface area is 235 Å². The minimum absolute atomic E-state index is 0.0755. The van der Waals surface area contributed by atoms with Crippen LogP contribution in [0.2, 0.25) is 5.02 Å². The maximum Gasteiger partial charge on any atom is 0.244 e. The first-order chi connectivity index (χ1) is 18.7. The van der Waals surface area contributed by atoms with Gasteiger partial charge in [-0.25, -0.2) is 8.42 Å². The van der Waals surface area contributed by atoms with Gasteiger partial charge in [0.1, 0.15) is 25.8 Å². The van der Waals surface area contributed by atoms with Gasteiger partial charge >= 0.3 is 0 Å². The Morgan fingerprint density at radius 3 is 2.46 bits per heavy atom. The lowest BCUT2D eigenvalue weighted by Gasteiger charge is -2.33. The molecule has 0 aromatic heterocycles. The molecule has 1 aliphatic heterocycles. The number of fused-ring (bicyclic) bond motifs is 1. The molecule has 2 aromatic rings. The number of halogens is 1. The molecule has 1 atom stereocenters. The van der Waals surface area contributed by atoms with Crippen LogP contribution in [-0.4, -0.2) is 62.7 Å². The molecule has 0 saturated heterocycles. The first kappa shape index (κ1) is 29.0. The predicted molar refractivity (Wildman–Crippen MR) is 151 cm³/mol. The molecule has 1 fully saturated rings. The number of benzene rings is 2. The van der Waals surface area contributed by atoms with Crippen LogP contribution < -0.4 is 19.1 Å². The van der Waals surface area contributed by atoms with E-state index >= 15 is 0 Å². The normalized spacial score (nSPS) is 16.3. The Morgan fingerprint density at radius 1 is 1.05 bits per heavy atom. The van der Waals surface area contributed by atoms with Gasteiger partial charge in [0.2, 0.25) is 21.8 Å². The summed E-state index contributed by atoms with van der Waals surface area (Å²) in [5, 5.41) is 3.60. The monoisotopic (exact) mass is 577 g/mol. The number of amides is 2. The lowest BCUT2D eigenvalue weighted by molar-refractivity contribution is -0.139. The van der Waals surface area contributed by atoms with E-state index < -0.39 is 28.5 Å². The molecule has 4 rings (SSSR count). The summed E-state index contributed by atoms with van der Waals surface area (Å²) in [6.45, 7) is 3.56. The van der Waals surface area contributed by atoms with Crippen molar-refractivity contribution in [1.29, 1.82) is 0 Å². The Bertz CT molecular complexity index is 1280. The molecule has 0 spiro atoms. The highest BCUT2D eigenvalue weighted by Gasteiger charge is 2.32. The lowest BCUT2D eigenvalue weighted by atomic mass is 9.95. The summed E-state index contributed by atoms with van der Waals surface area (Å²) in [5.74, 6) is -0.0465. The van der Waals surface area contributed by atoms with Crippen molar-refractivity contribution in [2.24, 2.45) is 0 Å². The molecule has 212 valence electrons. The van der Waals surface area contributed by atoms with Gasteiger partial charge in [0.15, 0.2) is 11.5 Å². The van der Waals surface area contributed by atoms with Gasteiger partial charge in [-0.3, -0.25) is 13.9 Å². The molecule has 9 nitrogen and oxygen atoms in total. The Morgan fingerprint density at radius 2 is 1.77 bits per heavy atom. The van der Waals surface area contributed by atoms with Gasteiger partial charge in [0.25, 0.3) is 0 Å². The highest BCUT2D eigenvalue weighted by atomic mass is 35.5. The number of ether oxygens (including phenoxy) is 2. The summed E-state index contributed by atoms with van der Waals surface area (Å²) in [4.78, 5) is 28.6. The molecule has 39 heavy (non-hydrogen) atoms. The first-order valence-electron chi connectivity index (χ1n) is 13.4. The zero-order valence-electron chi connectivity index (χ0n) is 22.4. The van der Waals surface area contributed by atoms with E-state index in [9.17, 15) is 18.0 Å². The fourth-order valence-corrected chi connectivity index (χ4v) is 6.16. The molecule has 2 amide bonds. The van der Waals surface area contributed by atoms with E-state index in [1.807, 2.05) is 6.07 Å². The lowest BCUT2D eigenvalue weighted by Crippen LogP contribution is -2.53. The van der Waals surface area contributed by atoms with Crippen molar-refractivity contribution in [3.8, 4) is 11.5 Å². The number of carbonyl (C=O) groups is 2. The summed E-state index contributed by atoms with van der Waals surface area (Å²) in [6, 6.07) is 11.1. The van der Waals surface area contributed by atoms with E-state index in [0.29, 0.717) is 29.7 Å². The number of nitrogens with one attached hydrogen (secondary N) is 1. The summed E-state index contributed by atoms with van der Waals surface area (Å²) < 4.78 is 38.6. The molecule has 1 heterocycles. The third-order valence-electron chi connectivity index (χ3n) is 7.15. The van der Waals surface area contributed by atoms with E-state index in [0.717, 1.165) is 42.0 Å². The van der Waals surface area contributed by atoms with Crippen LogP contribution in [-0.2, 0) is 26.2 Å². The number of sulfonamides is 1. The van der Waals surface area contributed by atoms with Crippen molar-refractivity contribution in [2.75, 3.05) is 29.8 Å². The Hall–Kier alpha value is -2.98. The SMILES string of the molecule is CCS(=O)(=O)N(CC(=O)N(Cc1cccc(Cl)c1)C(C)C(=O)NC1CCCCC1)c1ccc2c(c1)OCCO2. The second kappa shape index (κ2) is 12.9. The summed E-state index contributed by atoms with van der Waals surface area (Å²) in [5.41, 5.74) is 1.02. The maximum absolute atomic E-state index is 13.9. The Kier molecular flexibility index (Phi) is 9.61. The van der Waals surface area contributed by atoms with Crippen molar-refractivity contribution in [2.45, 2.75) is 64.6 Å². The van der Waals surface area contributed by atoms with E-state index in [-0.39, 0.29) is 29.9 Å². The van der Waals surface area contributed by atoms with Crippen LogP contribution in [0.4, 0.5) is 5.69 Å². The molecule has 2 aliphatic rings. The van der Waals surface area contributed by atoms with Gasteiger partial charge in [0, 0.05) is 23.7 Å². The zero-order chi connectivity index (χ0) is 28.0. The fourth-order valence-electron chi connectivity index (χ4n) is 4.89. The fraction of sp³-hybridized carbons (Fsp3) is 0.500. The minimum Gasteiger partial charge on any atom is -0.486 e. The first-order valence-corrected chi connectivity index (χ1v) is 15.4. The Balaban J connectivity index is 1.61. The smallest absolute Gasteiger partial charge is 0.244 e. The average molecular weight is 578 g/mol. The zero-order valence-corrected chi connectivity index (χ0v) is 24.0. The summed E-state index contributed by atoms with van der Waals surface area (Å²) >= 11 is 6.19. The van der Waals surface area contributed by atoms with Crippen molar-refractivity contribution in [3.63, 3.8) is 0 Å². The van der Waals surface area contributed by atoms with E-state index in [4.69, 9.17) is 21.1 Å². The number of rotatable bonds is 10. The third kappa shape index (κ3) is 7.36. The van der Waals surface area contributed by atoms with E-state index in [1.54, 1.807) is 43.3 Å². The standard InChI is InChI=1S/C28H36ClN3O6S/c1-3-39(35,36)32(24-12-13-25-26(17-24)38-15-14-37-25)19-27(33)31(18-21-8-7-9-22(29)16-21)20(2)28(34)30-23-10-5-4-6-11-23/h7-9,12-13,16-17,20,23H,3-6,10-11,14-15,18-19H2,1-2H3,(H,30,34). The summed E-state index contributed by atoms with van der Waals surface area (Å²) in [6.07, 6.45) is 5.09. The van der Waals surface area contributed by atoms with Gasteiger partial charge in [-0.2, -0.15) is 0 Å². The van der Waals surface area contributed by atoms with Crippen LogP contribution in [0.25, 0.3) is 0 Å². The quantitative estimate of drug-likeness (QED) is 0.455. The summed E-state index contributed by atoms with van der Waals surface area (Å²) in [7, 11) is -3.85. The van der Waals surface area contributed by atoms with Crippen LogP contribution in [0.15, 0.2) is 42.5 Å². The molecule has 1 saturated carbocycles. The van der Waals surface area contributed by atoms with E-state index in [2.05, 4.69) is 5.32 Å². The number of hydrogen-bond donors (Lipinski definition) is 1. The molecule has 0 bridgehead atoms. The highest BCUT2D eigenvalue weighted by Crippen LogP contribution is 2.35. The van der Waals surface area contributed by atoms with Crippen molar-refractivity contribution in [3.05, 3.63) is 53.1 Å². The molecule has 1 unspecified atom stereocenters. The molecule has 1 aliphatic carbocycles. The molecular weight excluding hydrogens is 542 g/mol. The maximum atomic E-state index is 13.9. The molecule has 1 N–H and O–H groups in total. The third-order valence-corrected chi connectivity index (χ3v) is 9.13. The topological polar surface area (TPSA) is 105 Å².